The first-order valence-corrected chi connectivity index (χ1v) is 9.26. The van der Waals surface area contributed by atoms with Crippen LogP contribution in [0.2, 0.25) is 5.02 Å². The molecule has 0 saturated heterocycles. The molecule has 0 aliphatic carbocycles. The summed E-state index contributed by atoms with van der Waals surface area (Å²) in [5.41, 5.74) is 3.77. The fourth-order valence-electron chi connectivity index (χ4n) is 3.34. The molecule has 3 aromatic carbocycles. The monoisotopic (exact) mass is 400 g/mol. The minimum Gasteiger partial charge on any atom is -0.306 e. The van der Waals surface area contributed by atoms with E-state index in [4.69, 9.17) is 11.6 Å². The Morgan fingerprint density at radius 3 is 1.72 bits per heavy atom. The normalized spacial score (nSPS) is 17.3. The van der Waals surface area contributed by atoms with Crippen molar-refractivity contribution < 1.29 is 9.59 Å². The molecule has 0 aromatic heterocycles. The summed E-state index contributed by atoms with van der Waals surface area (Å²) < 4.78 is 0. The number of fused-ring (bicyclic) bond motifs is 2. The first kappa shape index (κ1) is 17.3. The Kier molecular flexibility index (Phi) is 4.00. The van der Waals surface area contributed by atoms with Crippen LogP contribution in [0.5, 0.6) is 0 Å². The van der Waals surface area contributed by atoms with Crippen LogP contribution in [0.3, 0.4) is 0 Å². The van der Waals surface area contributed by atoms with Gasteiger partial charge in [0.05, 0.1) is 27.5 Å². The van der Waals surface area contributed by atoms with Crippen LogP contribution in [0.1, 0.15) is 31.8 Å². The third kappa shape index (κ3) is 2.99. The van der Waals surface area contributed by atoms with Crippen molar-refractivity contribution in [3.05, 3.63) is 94.0 Å². The molecule has 5 rings (SSSR count). The minimum absolute atomic E-state index is 0.177. The number of hydrogen-bond acceptors (Lipinski definition) is 4. The van der Waals surface area contributed by atoms with Gasteiger partial charge < -0.3 is 10.6 Å². The molecule has 3 aromatic rings. The van der Waals surface area contributed by atoms with E-state index in [1.54, 1.807) is 30.3 Å². The molecule has 0 fully saturated rings. The van der Waals surface area contributed by atoms with Gasteiger partial charge in [-0.2, -0.15) is 0 Å². The zero-order chi connectivity index (χ0) is 20.0. The standard InChI is InChI=1S/C22H13ClN4O2/c23-17-11-12(24-19-13-5-1-3-7-15(13)21(28)26-19)9-10-18(17)25-20-14-6-2-4-8-16(14)22(29)27-20/h1-11H,(H,24,26,28)(H,25,27,29). The van der Waals surface area contributed by atoms with Gasteiger partial charge in [-0.3, -0.25) is 9.59 Å². The number of carbonyl (C=O) groups excluding carboxylic acids is 2. The van der Waals surface area contributed by atoms with E-state index in [9.17, 15) is 9.59 Å². The van der Waals surface area contributed by atoms with Crippen LogP contribution >= 0.6 is 11.6 Å². The summed E-state index contributed by atoms with van der Waals surface area (Å²) >= 11 is 6.41. The van der Waals surface area contributed by atoms with Gasteiger partial charge in [0.1, 0.15) is 11.7 Å². The summed E-state index contributed by atoms with van der Waals surface area (Å²) in [6, 6.07) is 19.7. The zero-order valence-corrected chi connectivity index (χ0v) is 15.7. The predicted molar refractivity (Wildman–Crippen MR) is 112 cm³/mol. The van der Waals surface area contributed by atoms with E-state index in [0.717, 1.165) is 11.1 Å². The molecule has 2 aliphatic rings. The Bertz CT molecular complexity index is 1260. The summed E-state index contributed by atoms with van der Waals surface area (Å²) in [4.78, 5) is 33.1. The number of hydrogen-bond donors (Lipinski definition) is 2. The molecule has 2 aliphatic heterocycles. The predicted octanol–water partition coefficient (Wildman–Crippen LogP) is 3.98. The molecular weight excluding hydrogens is 388 g/mol. The smallest absolute Gasteiger partial charge is 0.257 e. The first-order chi connectivity index (χ1) is 14.1. The molecule has 29 heavy (non-hydrogen) atoms. The number of carbonyl (C=O) groups is 2. The lowest BCUT2D eigenvalue weighted by molar-refractivity contribution is 0.0975. The molecule has 2 amide bonds. The number of nitrogens with one attached hydrogen (secondary N) is 2. The van der Waals surface area contributed by atoms with Crippen LogP contribution in [0.25, 0.3) is 0 Å². The van der Waals surface area contributed by atoms with Gasteiger partial charge in [0.2, 0.25) is 0 Å². The molecule has 0 radical (unpaired) electrons. The molecule has 2 heterocycles. The van der Waals surface area contributed by atoms with E-state index in [0.29, 0.717) is 39.2 Å². The van der Waals surface area contributed by atoms with Crippen molar-refractivity contribution in [2.24, 2.45) is 9.98 Å². The maximum absolute atomic E-state index is 12.0. The lowest BCUT2D eigenvalue weighted by Gasteiger charge is -2.04. The number of amides is 2. The van der Waals surface area contributed by atoms with Crippen molar-refractivity contribution in [1.29, 1.82) is 0 Å². The van der Waals surface area contributed by atoms with Crippen molar-refractivity contribution in [2.45, 2.75) is 0 Å². The summed E-state index contributed by atoms with van der Waals surface area (Å²) in [5.74, 6) is 0.583. The van der Waals surface area contributed by atoms with Gasteiger partial charge >= 0.3 is 0 Å². The second-order valence-electron chi connectivity index (χ2n) is 6.56. The van der Waals surface area contributed by atoms with Crippen LogP contribution < -0.4 is 10.6 Å². The van der Waals surface area contributed by atoms with Crippen LogP contribution in [-0.4, -0.2) is 23.5 Å². The summed E-state index contributed by atoms with van der Waals surface area (Å²) in [7, 11) is 0. The lowest BCUT2D eigenvalue weighted by atomic mass is 10.1. The third-order valence-electron chi connectivity index (χ3n) is 4.72. The Labute approximate surface area is 171 Å². The highest BCUT2D eigenvalue weighted by Crippen LogP contribution is 2.31. The molecule has 6 nitrogen and oxygen atoms in total. The molecular formula is C22H13ClN4O2. The van der Waals surface area contributed by atoms with E-state index in [-0.39, 0.29) is 11.8 Å². The van der Waals surface area contributed by atoms with Gasteiger partial charge in [0.15, 0.2) is 0 Å². The van der Waals surface area contributed by atoms with Crippen molar-refractivity contribution in [1.82, 2.24) is 10.6 Å². The molecule has 2 N–H and O–H groups in total. The van der Waals surface area contributed by atoms with Crippen LogP contribution in [0.4, 0.5) is 11.4 Å². The molecule has 0 unspecified atom stereocenters. The SMILES string of the molecule is O=C1NC(=Nc2ccc(N=C3NC(=O)c4ccccc43)c(Cl)c2)c2ccccc21. The molecule has 0 spiro atoms. The van der Waals surface area contributed by atoms with E-state index in [1.807, 2.05) is 36.4 Å². The summed E-state index contributed by atoms with van der Waals surface area (Å²) in [6.45, 7) is 0. The lowest BCUT2D eigenvalue weighted by Crippen LogP contribution is -2.21. The highest BCUT2D eigenvalue weighted by Gasteiger charge is 2.25. The number of benzene rings is 3. The topological polar surface area (TPSA) is 82.9 Å². The van der Waals surface area contributed by atoms with Crippen LogP contribution in [0.15, 0.2) is 76.7 Å². The Balaban J connectivity index is 1.49. The number of aliphatic imine (C=N–C) groups is 2. The summed E-state index contributed by atoms with van der Waals surface area (Å²) in [6.07, 6.45) is 0. The van der Waals surface area contributed by atoms with E-state index >= 15 is 0 Å². The molecule has 0 bridgehead atoms. The highest BCUT2D eigenvalue weighted by atomic mass is 35.5. The minimum atomic E-state index is -0.186. The number of rotatable bonds is 2. The zero-order valence-electron chi connectivity index (χ0n) is 14.9. The second kappa shape index (κ2) is 6.68. The molecule has 7 heteroatoms. The van der Waals surface area contributed by atoms with Crippen LogP contribution in [0, 0.1) is 0 Å². The fraction of sp³-hybridized carbons (Fsp3) is 0. The Hall–Kier alpha value is -3.77. The van der Waals surface area contributed by atoms with Crippen molar-refractivity contribution in [2.75, 3.05) is 0 Å². The molecule has 0 saturated carbocycles. The molecule has 140 valence electrons. The number of amidine groups is 2. The summed E-state index contributed by atoms with van der Waals surface area (Å²) in [5, 5.41) is 5.92. The maximum atomic E-state index is 12.0. The molecule has 0 atom stereocenters. The van der Waals surface area contributed by atoms with Gasteiger partial charge in [-0.1, -0.05) is 48.0 Å². The van der Waals surface area contributed by atoms with E-state index < -0.39 is 0 Å². The number of nitrogens with zero attached hydrogens (tertiary/aromatic N) is 2. The van der Waals surface area contributed by atoms with Crippen molar-refractivity contribution in [3.8, 4) is 0 Å². The first-order valence-electron chi connectivity index (χ1n) is 8.88. The van der Waals surface area contributed by atoms with Crippen molar-refractivity contribution in [3.63, 3.8) is 0 Å². The fourth-order valence-corrected chi connectivity index (χ4v) is 3.56. The second-order valence-corrected chi connectivity index (χ2v) is 6.96. The van der Waals surface area contributed by atoms with Crippen LogP contribution in [-0.2, 0) is 0 Å². The number of halogens is 1. The Morgan fingerprint density at radius 2 is 1.17 bits per heavy atom. The van der Waals surface area contributed by atoms with Gasteiger partial charge in [0.25, 0.3) is 11.8 Å². The average Bonchev–Trinajstić information content (AvgIpc) is 3.22. The van der Waals surface area contributed by atoms with Gasteiger partial charge in [-0.15, -0.1) is 0 Å². The third-order valence-corrected chi connectivity index (χ3v) is 5.02. The maximum Gasteiger partial charge on any atom is 0.257 e. The van der Waals surface area contributed by atoms with E-state index in [1.165, 1.54) is 0 Å². The quantitative estimate of drug-likeness (QED) is 0.682. The highest BCUT2D eigenvalue weighted by molar-refractivity contribution is 6.34. The van der Waals surface area contributed by atoms with E-state index in [2.05, 4.69) is 20.6 Å². The van der Waals surface area contributed by atoms with Gasteiger partial charge in [0, 0.05) is 11.1 Å². The van der Waals surface area contributed by atoms with Crippen molar-refractivity contribution >= 4 is 46.5 Å². The Morgan fingerprint density at radius 1 is 0.655 bits per heavy atom. The van der Waals surface area contributed by atoms with Gasteiger partial charge in [-0.25, -0.2) is 9.98 Å². The average molecular weight is 401 g/mol. The largest absolute Gasteiger partial charge is 0.306 e. The van der Waals surface area contributed by atoms with Gasteiger partial charge in [-0.05, 0) is 30.3 Å².